The van der Waals surface area contributed by atoms with Crippen LogP contribution in [0.2, 0.25) is 0 Å². The van der Waals surface area contributed by atoms with Crippen molar-refractivity contribution in [1.82, 2.24) is 0 Å². The molecule has 0 saturated carbocycles. The Morgan fingerprint density at radius 3 is 2.00 bits per heavy atom. The van der Waals surface area contributed by atoms with Crippen molar-refractivity contribution in [3.05, 3.63) is 65.7 Å². The van der Waals surface area contributed by atoms with E-state index >= 15 is 0 Å². The number of carbonyl (C=O) groups excluding carboxylic acids is 1. The highest BCUT2D eigenvalue weighted by molar-refractivity contribution is 5.74. The normalized spacial score (nSPS) is 13.2. The van der Waals surface area contributed by atoms with Crippen LogP contribution in [0.3, 0.4) is 0 Å². The van der Waals surface area contributed by atoms with E-state index < -0.39 is 6.29 Å². The lowest BCUT2D eigenvalue weighted by molar-refractivity contribution is -0.917. The van der Waals surface area contributed by atoms with Crippen LogP contribution in [0.4, 0.5) is 0 Å². The van der Waals surface area contributed by atoms with E-state index in [0.717, 1.165) is 18.7 Å². The van der Waals surface area contributed by atoms with Crippen molar-refractivity contribution in [3.63, 3.8) is 0 Å². The van der Waals surface area contributed by atoms with Crippen LogP contribution >= 0.6 is 0 Å². The van der Waals surface area contributed by atoms with Crippen LogP contribution in [-0.2, 0) is 22.5 Å². The standard InChI is InChI=1S/C33H52NO3/c1-6-8-9-10-11-12-13-14-15-17-21-29-24-20-25-31(26-29)36-32(7-2)37-33(35)28(3)34(4,5)27-30-22-18-16-19-23-30/h16,18-20,22-26,28,32H,6-15,17,21,27H2,1-5H3/q+1. The van der Waals surface area contributed by atoms with E-state index in [2.05, 4.69) is 45.3 Å². The van der Waals surface area contributed by atoms with Crippen molar-refractivity contribution in [2.24, 2.45) is 0 Å². The molecule has 0 heterocycles. The highest BCUT2D eigenvalue weighted by atomic mass is 16.7. The van der Waals surface area contributed by atoms with Gasteiger partial charge in [0.2, 0.25) is 6.29 Å². The van der Waals surface area contributed by atoms with E-state index in [-0.39, 0.29) is 12.0 Å². The third kappa shape index (κ3) is 12.2. The van der Waals surface area contributed by atoms with Crippen molar-refractivity contribution < 1.29 is 18.8 Å². The number of ether oxygens (including phenoxy) is 2. The summed E-state index contributed by atoms with van der Waals surface area (Å²) >= 11 is 0. The fourth-order valence-electron chi connectivity index (χ4n) is 4.64. The molecule has 0 amide bonds. The van der Waals surface area contributed by atoms with Gasteiger partial charge in [0.15, 0.2) is 6.04 Å². The van der Waals surface area contributed by atoms with E-state index in [4.69, 9.17) is 9.47 Å². The molecule has 0 aromatic heterocycles. The summed E-state index contributed by atoms with van der Waals surface area (Å²) in [5, 5.41) is 0. The van der Waals surface area contributed by atoms with Gasteiger partial charge in [-0.2, -0.15) is 0 Å². The first-order chi connectivity index (χ1) is 17.9. The zero-order valence-electron chi connectivity index (χ0n) is 24.2. The van der Waals surface area contributed by atoms with Crippen molar-refractivity contribution in [3.8, 4) is 5.75 Å². The van der Waals surface area contributed by atoms with Gasteiger partial charge in [-0.15, -0.1) is 0 Å². The van der Waals surface area contributed by atoms with Gasteiger partial charge in [0.25, 0.3) is 0 Å². The van der Waals surface area contributed by atoms with E-state index in [9.17, 15) is 4.79 Å². The molecule has 2 unspecified atom stereocenters. The number of unbranched alkanes of at least 4 members (excludes halogenated alkanes) is 9. The van der Waals surface area contributed by atoms with E-state index in [0.29, 0.717) is 10.9 Å². The lowest BCUT2D eigenvalue weighted by atomic mass is 10.0. The van der Waals surface area contributed by atoms with E-state index in [1.54, 1.807) is 0 Å². The quantitative estimate of drug-likeness (QED) is 0.0823. The second-order valence-corrected chi connectivity index (χ2v) is 11.1. The summed E-state index contributed by atoms with van der Waals surface area (Å²) in [7, 11) is 4.13. The Labute approximate surface area is 227 Å². The smallest absolute Gasteiger partial charge is 0.367 e. The van der Waals surface area contributed by atoms with Crippen molar-refractivity contribution in [2.75, 3.05) is 14.1 Å². The molecule has 2 rings (SSSR count). The summed E-state index contributed by atoms with van der Waals surface area (Å²) in [6.45, 7) is 6.95. The van der Waals surface area contributed by atoms with Gasteiger partial charge in [-0.3, -0.25) is 0 Å². The molecule has 2 aromatic carbocycles. The molecule has 4 nitrogen and oxygen atoms in total. The average Bonchev–Trinajstić information content (AvgIpc) is 2.89. The molecule has 206 valence electrons. The third-order valence-corrected chi connectivity index (χ3v) is 7.39. The van der Waals surface area contributed by atoms with Gasteiger partial charge in [0.05, 0.1) is 14.1 Å². The topological polar surface area (TPSA) is 35.5 Å². The van der Waals surface area contributed by atoms with Gasteiger partial charge < -0.3 is 14.0 Å². The van der Waals surface area contributed by atoms with Gasteiger partial charge in [0.1, 0.15) is 12.3 Å². The molecule has 0 fully saturated rings. The molecule has 0 saturated heterocycles. The number of benzene rings is 2. The SMILES string of the molecule is CCCCCCCCCCCCc1cccc(OC(CC)OC(=O)C(C)[N+](C)(C)Cc2ccccc2)c1. The first kappa shape index (κ1) is 30.9. The third-order valence-electron chi connectivity index (χ3n) is 7.39. The Morgan fingerprint density at radius 2 is 1.38 bits per heavy atom. The van der Waals surface area contributed by atoms with Crippen LogP contribution in [0.25, 0.3) is 0 Å². The minimum Gasteiger partial charge on any atom is -0.455 e. The Hall–Kier alpha value is -2.33. The van der Waals surface area contributed by atoms with Crippen molar-refractivity contribution in [2.45, 2.75) is 117 Å². The van der Waals surface area contributed by atoms with E-state index in [1.165, 1.54) is 75.3 Å². The number of esters is 1. The summed E-state index contributed by atoms with van der Waals surface area (Å²) < 4.78 is 12.4. The number of quaternary nitrogens is 1. The molecule has 4 heteroatoms. The largest absolute Gasteiger partial charge is 0.455 e. The number of carbonyl (C=O) groups is 1. The monoisotopic (exact) mass is 510 g/mol. The second kappa shape index (κ2) is 17.2. The van der Waals surface area contributed by atoms with Gasteiger partial charge in [-0.05, 0) is 37.5 Å². The predicted molar refractivity (Wildman–Crippen MR) is 155 cm³/mol. The highest BCUT2D eigenvalue weighted by Crippen LogP contribution is 2.21. The molecule has 2 aromatic rings. The zero-order chi connectivity index (χ0) is 26.9. The molecule has 0 radical (unpaired) electrons. The molecular weight excluding hydrogens is 458 g/mol. The van der Waals surface area contributed by atoms with Crippen LogP contribution in [0, 0.1) is 0 Å². The molecule has 0 spiro atoms. The number of rotatable bonds is 19. The van der Waals surface area contributed by atoms with Crippen LogP contribution < -0.4 is 4.74 Å². The average molecular weight is 511 g/mol. The molecular formula is C33H52NO3+. The van der Waals surface area contributed by atoms with Crippen molar-refractivity contribution in [1.29, 1.82) is 0 Å². The Morgan fingerprint density at radius 1 is 0.784 bits per heavy atom. The lowest BCUT2D eigenvalue weighted by Gasteiger charge is -2.35. The maximum absolute atomic E-state index is 13.0. The lowest BCUT2D eigenvalue weighted by Crippen LogP contribution is -2.52. The fraction of sp³-hybridized carbons (Fsp3) is 0.606. The molecule has 0 aliphatic carbocycles. The maximum atomic E-state index is 13.0. The number of likely N-dealkylation sites (N-methyl/N-ethyl adjacent to an activating group) is 1. The predicted octanol–water partition coefficient (Wildman–Crippen LogP) is 8.47. The number of aryl methyl sites for hydroxylation is 1. The number of hydrogen-bond donors (Lipinski definition) is 0. The van der Waals surface area contributed by atoms with Gasteiger partial charge in [0, 0.05) is 12.0 Å². The summed E-state index contributed by atoms with van der Waals surface area (Å²) in [5.74, 6) is 0.546. The summed E-state index contributed by atoms with van der Waals surface area (Å²) in [6, 6.07) is 18.2. The Bertz CT molecular complexity index is 880. The highest BCUT2D eigenvalue weighted by Gasteiger charge is 2.33. The molecule has 0 N–H and O–H groups in total. The Balaban J connectivity index is 1.75. The molecule has 0 bridgehead atoms. The van der Waals surface area contributed by atoms with Crippen LogP contribution in [-0.4, -0.2) is 36.9 Å². The van der Waals surface area contributed by atoms with Crippen molar-refractivity contribution >= 4 is 5.97 Å². The first-order valence-corrected chi connectivity index (χ1v) is 14.7. The van der Waals surface area contributed by atoms with Crippen LogP contribution in [0.5, 0.6) is 5.75 Å². The Kier molecular flexibility index (Phi) is 14.4. The molecule has 0 aliphatic rings. The zero-order valence-corrected chi connectivity index (χ0v) is 24.2. The van der Waals surface area contributed by atoms with E-state index in [1.807, 2.05) is 44.2 Å². The summed E-state index contributed by atoms with van der Waals surface area (Å²) in [5.41, 5.74) is 2.49. The minimum absolute atomic E-state index is 0.228. The van der Waals surface area contributed by atoms with Crippen LogP contribution in [0.1, 0.15) is 103 Å². The fourth-order valence-corrected chi connectivity index (χ4v) is 4.64. The van der Waals surface area contributed by atoms with Gasteiger partial charge >= 0.3 is 5.97 Å². The van der Waals surface area contributed by atoms with Gasteiger partial charge in [-0.25, -0.2) is 4.79 Å². The second-order valence-electron chi connectivity index (χ2n) is 11.1. The number of nitrogens with zero attached hydrogens (tertiary/aromatic N) is 1. The summed E-state index contributed by atoms with van der Waals surface area (Å²) in [4.78, 5) is 13.0. The molecule has 2 atom stereocenters. The molecule has 37 heavy (non-hydrogen) atoms. The minimum atomic E-state index is -0.584. The number of hydrogen-bond acceptors (Lipinski definition) is 3. The van der Waals surface area contributed by atoms with Gasteiger partial charge in [-0.1, -0.05) is 114 Å². The molecule has 0 aliphatic heterocycles. The summed E-state index contributed by atoms with van der Waals surface area (Å²) in [6.07, 6.45) is 14.5. The first-order valence-electron chi connectivity index (χ1n) is 14.7. The maximum Gasteiger partial charge on any atom is 0.367 e. The van der Waals surface area contributed by atoms with Crippen LogP contribution in [0.15, 0.2) is 54.6 Å².